The molecule has 0 radical (unpaired) electrons. The van der Waals surface area contributed by atoms with Crippen LogP contribution in [0, 0.1) is 0 Å². The molecule has 1 aliphatic rings. The van der Waals surface area contributed by atoms with Gasteiger partial charge in [0.15, 0.2) is 0 Å². The fourth-order valence-electron chi connectivity index (χ4n) is 6.54. The Balaban J connectivity index is 1.23. The Morgan fingerprint density at radius 3 is 2.07 bits per heavy atom. The van der Waals surface area contributed by atoms with E-state index in [2.05, 4.69) is 186 Å². The summed E-state index contributed by atoms with van der Waals surface area (Å²) >= 11 is 0. The van der Waals surface area contributed by atoms with Gasteiger partial charge in [0.2, 0.25) is 0 Å². The molecular formula is C43H32N2. The predicted octanol–water partition coefficient (Wildman–Crippen LogP) is 11.3. The molecule has 1 aliphatic heterocycles. The van der Waals surface area contributed by atoms with E-state index in [1.165, 1.54) is 38.5 Å². The molecule has 45 heavy (non-hydrogen) atoms. The van der Waals surface area contributed by atoms with Crippen molar-refractivity contribution in [3.05, 3.63) is 193 Å². The van der Waals surface area contributed by atoms with Gasteiger partial charge in [-0.2, -0.15) is 0 Å². The smallest absolute Gasteiger partial charge is 0.0547 e. The number of fused-ring (bicyclic) bond motifs is 4. The van der Waals surface area contributed by atoms with Gasteiger partial charge >= 0.3 is 0 Å². The van der Waals surface area contributed by atoms with E-state index in [1.807, 2.05) is 0 Å². The van der Waals surface area contributed by atoms with Crippen LogP contribution in [0.3, 0.4) is 0 Å². The van der Waals surface area contributed by atoms with Crippen LogP contribution in [0.2, 0.25) is 0 Å². The average Bonchev–Trinajstić information content (AvgIpc) is 3.42. The minimum atomic E-state index is 0.896. The summed E-state index contributed by atoms with van der Waals surface area (Å²) in [6.07, 6.45) is 9.30. The zero-order valence-corrected chi connectivity index (χ0v) is 25.0. The molecule has 0 amide bonds. The van der Waals surface area contributed by atoms with E-state index in [0.29, 0.717) is 0 Å². The van der Waals surface area contributed by atoms with E-state index >= 15 is 0 Å². The van der Waals surface area contributed by atoms with Crippen LogP contribution in [0.5, 0.6) is 0 Å². The maximum Gasteiger partial charge on any atom is 0.0547 e. The Hall–Kier alpha value is -5.86. The van der Waals surface area contributed by atoms with E-state index in [0.717, 1.165) is 40.2 Å². The number of rotatable bonds is 5. The molecule has 0 bridgehead atoms. The maximum atomic E-state index is 4.47. The Morgan fingerprint density at radius 2 is 1.20 bits per heavy atom. The SMILES string of the molecule is C=C1/C=C\C=C/N(c2cccc(Cc3ccccc3)c2)c2ccc(-c3ccc4c5ccccc5n(-c5ccccc5)c4c3)cc21. The molecule has 2 nitrogen and oxygen atoms in total. The highest BCUT2D eigenvalue weighted by Crippen LogP contribution is 2.39. The van der Waals surface area contributed by atoms with Crippen LogP contribution < -0.4 is 4.90 Å². The first-order chi connectivity index (χ1) is 22.2. The first-order valence-corrected chi connectivity index (χ1v) is 15.4. The van der Waals surface area contributed by atoms with Gasteiger partial charge in [-0.25, -0.2) is 0 Å². The van der Waals surface area contributed by atoms with Crippen LogP contribution in [-0.4, -0.2) is 4.57 Å². The number of anilines is 2. The Kier molecular flexibility index (Phi) is 6.73. The highest BCUT2D eigenvalue weighted by molar-refractivity contribution is 6.10. The summed E-state index contributed by atoms with van der Waals surface area (Å²) in [7, 11) is 0. The molecule has 2 heterocycles. The minimum absolute atomic E-state index is 0.896. The molecule has 0 aliphatic carbocycles. The van der Waals surface area contributed by atoms with Gasteiger partial charge in [0.1, 0.15) is 0 Å². The quantitative estimate of drug-likeness (QED) is 0.198. The summed E-state index contributed by atoms with van der Waals surface area (Å²) in [5.41, 5.74) is 12.8. The summed E-state index contributed by atoms with van der Waals surface area (Å²) in [5, 5.41) is 2.51. The minimum Gasteiger partial charge on any atom is -0.317 e. The van der Waals surface area contributed by atoms with E-state index in [9.17, 15) is 0 Å². The lowest BCUT2D eigenvalue weighted by Gasteiger charge is -2.26. The standard InChI is InChI=1S/C43H32N2/c1-31-13-10-11-26-44(37-19-12-16-33(28-37)27-32-14-4-2-5-15-32)41-25-23-34(29-40(31)41)35-22-24-39-38-20-8-9-21-42(38)45(43(39)30-35)36-17-6-3-7-18-36/h2-26,28-30H,1,27H2/b13-10-,26-11-. The van der Waals surface area contributed by atoms with Crippen molar-refractivity contribution < 1.29 is 0 Å². The lowest BCUT2D eigenvalue weighted by molar-refractivity contribution is 1.18. The predicted molar refractivity (Wildman–Crippen MR) is 191 cm³/mol. The molecule has 7 aromatic rings. The van der Waals surface area contributed by atoms with Crippen molar-refractivity contribution in [3.63, 3.8) is 0 Å². The van der Waals surface area contributed by atoms with Crippen LogP contribution in [0.4, 0.5) is 11.4 Å². The number of nitrogens with zero attached hydrogens (tertiary/aromatic N) is 2. The second kappa shape index (κ2) is 11.3. The summed E-state index contributed by atoms with van der Waals surface area (Å²) < 4.78 is 2.37. The largest absolute Gasteiger partial charge is 0.317 e. The third kappa shape index (κ3) is 4.97. The molecule has 1 aromatic heterocycles. The van der Waals surface area contributed by atoms with Crippen LogP contribution in [0.15, 0.2) is 177 Å². The van der Waals surface area contributed by atoms with Gasteiger partial charge in [0.25, 0.3) is 0 Å². The van der Waals surface area contributed by atoms with Crippen molar-refractivity contribution in [1.82, 2.24) is 4.57 Å². The van der Waals surface area contributed by atoms with Gasteiger partial charge in [0.05, 0.1) is 16.7 Å². The van der Waals surface area contributed by atoms with Crippen molar-refractivity contribution in [2.45, 2.75) is 6.42 Å². The molecule has 0 atom stereocenters. The number of aromatic nitrogens is 1. The first-order valence-electron chi connectivity index (χ1n) is 15.4. The molecule has 0 saturated heterocycles. The fraction of sp³-hybridized carbons (Fsp3) is 0.0233. The van der Waals surface area contributed by atoms with Gasteiger partial charge < -0.3 is 9.47 Å². The zero-order chi connectivity index (χ0) is 30.2. The van der Waals surface area contributed by atoms with Crippen molar-refractivity contribution in [2.75, 3.05) is 4.90 Å². The highest BCUT2D eigenvalue weighted by Gasteiger charge is 2.17. The Morgan fingerprint density at radius 1 is 0.511 bits per heavy atom. The molecule has 0 spiro atoms. The number of hydrogen-bond acceptors (Lipinski definition) is 1. The van der Waals surface area contributed by atoms with Crippen molar-refractivity contribution in [3.8, 4) is 16.8 Å². The first kappa shape index (κ1) is 26.7. The summed E-state index contributed by atoms with van der Waals surface area (Å²) in [6, 6.07) is 52.4. The van der Waals surface area contributed by atoms with Crippen molar-refractivity contribution in [2.24, 2.45) is 0 Å². The molecule has 0 N–H and O–H groups in total. The summed E-state index contributed by atoms with van der Waals surface area (Å²) in [4.78, 5) is 2.28. The average molecular weight is 577 g/mol. The molecular weight excluding hydrogens is 544 g/mol. The second-order valence-corrected chi connectivity index (χ2v) is 11.6. The van der Waals surface area contributed by atoms with Gasteiger partial charge in [-0.05, 0) is 88.9 Å². The van der Waals surface area contributed by atoms with E-state index in [4.69, 9.17) is 0 Å². The lowest BCUT2D eigenvalue weighted by Crippen LogP contribution is -2.11. The molecule has 2 heteroatoms. The van der Waals surface area contributed by atoms with Crippen LogP contribution in [0.1, 0.15) is 16.7 Å². The van der Waals surface area contributed by atoms with E-state index in [-0.39, 0.29) is 0 Å². The monoisotopic (exact) mass is 576 g/mol. The van der Waals surface area contributed by atoms with Gasteiger partial charge in [0, 0.05) is 33.9 Å². The lowest BCUT2D eigenvalue weighted by atomic mass is 9.95. The third-order valence-electron chi connectivity index (χ3n) is 8.71. The molecule has 0 saturated carbocycles. The topological polar surface area (TPSA) is 8.17 Å². The number of allylic oxidation sites excluding steroid dienone is 4. The normalized spacial score (nSPS) is 14.2. The van der Waals surface area contributed by atoms with Crippen molar-refractivity contribution in [1.29, 1.82) is 0 Å². The fourth-order valence-corrected chi connectivity index (χ4v) is 6.54. The van der Waals surface area contributed by atoms with Crippen LogP contribution >= 0.6 is 0 Å². The molecule has 6 aromatic carbocycles. The number of benzene rings is 6. The molecule has 214 valence electrons. The van der Waals surface area contributed by atoms with Gasteiger partial charge in [-0.3, -0.25) is 0 Å². The van der Waals surface area contributed by atoms with Gasteiger partial charge in [-0.1, -0.05) is 116 Å². The number of hydrogen-bond donors (Lipinski definition) is 0. The van der Waals surface area contributed by atoms with Crippen LogP contribution in [-0.2, 0) is 6.42 Å². The van der Waals surface area contributed by atoms with Crippen LogP contribution in [0.25, 0.3) is 44.2 Å². The third-order valence-corrected chi connectivity index (χ3v) is 8.71. The van der Waals surface area contributed by atoms with E-state index in [1.54, 1.807) is 0 Å². The summed E-state index contributed by atoms with van der Waals surface area (Å²) in [6.45, 7) is 4.47. The molecule has 8 rings (SSSR count). The Bertz CT molecular complexity index is 2250. The van der Waals surface area contributed by atoms with Crippen molar-refractivity contribution >= 4 is 38.8 Å². The van der Waals surface area contributed by atoms with Gasteiger partial charge in [-0.15, -0.1) is 0 Å². The maximum absolute atomic E-state index is 4.47. The highest BCUT2D eigenvalue weighted by atomic mass is 15.1. The summed E-state index contributed by atoms with van der Waals surface area (Å²) in [5.74, 6) is 0. The number of para-hydroxylation sites is 2. The zero-order valence-electron chi connectivity index (χ0n) is 25.0. The second-order valence-electron chi connectivity index (χ2n) is 11.6. The van der Waals surface area contributed by atoms with E-state index < -0.39 is 0 Å². The molecule has 0 fully saturated rings. The Labute approximate surface area is 264 Å². The molecule has 0 unspecified atom stereocenters.